The van der Waals surface area contributed by atoms with Crippen molar-refractivity contribution in [1.82, 2.24) is 0 Å². The quantitative estimate of drug-likeness (QED) is 0.572. The molecule has 0 aliphatic rings. The Morgan fingerprint density at radius 3 is 2.79 bits per heavy atom. The molecule has 0 aromatic heterocycles. The molecule has 0 heterocycles. The smallest absolute Gasteiger partial charge is 0.119 e. The summed E-state index contributed by atoms with van der Waals surface area (Å²) >= 11 is 6.93. The molecule has 0 spiro atoms. The largest absolute Gasteiger partial charge is 0.494 e. The van der Waals surface area contributed by atoms with Crippen molar-refractivity contribution in [2.75, 3.05) is 6.61 Å². The second kappa shape index (κ2) is 6.46. The van der Waals surface area contributed by atoms with E-state index in [0.29, 0.717) is 0 Å². The maximum Gasteiger partial charge on any atom is 0.119 e. The van der Waals surface area contributed by atoms with Crippen LogP contribution in [0.4, 0.5) is 0 Å². The van der Waals surface area contributed by atoms with E-state index >= 15 is 0 Å². The summed E-state index contributed by atoms with van der Waals surface area (Å²) in [5, 5.41) is 0.846. The molecule has 0 aliphatic carbocycles. The van der Waals surface area contributed by atoms with Crippen LogP contribution >= 0.6 is 31.9 Å². The molecule has 78 valence electrons. The predicted molar refractivity (Wildman–Crippen MR) is 67.2 cm³/mol. The SMILES string of the molecule is CCCCOc1ccc(Br)c(CBr)c1. The van der Waals surface area contributed by atoms with Crippen LogP contribution < -0.4 is 4.74 Å². The van der Waals surface area contributed by atoms with E-state index in [-0.39, 0.29) is 0 Å². The molecule has 0 atom stereocenters. The van der Waals surface area contributed by atoms with Crippen molar-refractivity contribution >= 4 is 31.9 Å². The van der Waals surface area contributed by atoms with Gasteiger partial charge in [-0.15, -0.1) is 0 Å². The first-order valence-electron chi connectivity index (χ1n) is 4.75. The van der Waals surface area contributed by atoms with E-state index in [1.54, 1.807) is 0 Å². The van der Waals surface area contributed by atoms with Crippen LogP contribution in [0.5, 0.6) is 5.75 Å². The molecule has 0 unspecified atom stereocenters. The van der Waals surface area contributed by atoms with Crippen molar-refractivity contribution in [2.24, 2.45) is 0 Å². The minimum absolute atomic E-state index is 0.805. The molecular formula is C11H14Br2O. The Morgan fingerprint density at radius 2 is 2.14 bits per heavy atom. The van der Waals surface area contributed by atoms with Gasteiger partial charge in [0.2, 0.25) is 0 Å². The van der Waals surface area contributed by atoms with Gasteiger partial charge in [-0.05, 0) is 30.2 Å². The molecule has 3 heteroatoms. The average Bonchev–Trinajstić information content (AvgIpc) is 2.21. The first kappa shape index (κ1) is 12.1. The lowest BCUT2D eigenvalue weighted by Gasteiger charge is -2.07. The Hall–Kier alpha value is -0.0200. The zero-order valence-corrected chi connectivity index (χ0v) is 11.4. The molecule has 1 aromatic carbocycles. The number of rotatable bonds is 5. The predicted octanol–water partition coefficient (Wildman–Crippen LogP) is 4.52. The van der Waals surface area contributed by atoms with Crippen molar-refractivity contribution in [3.05, 3.63) is 28.2 Å². The molecule has 1 rings (SSSR count). The lowest BCUT2D eigenvalue weighted by molar-refractivity contribution is 0.309. The van der Waals surface area contributed by atoms with Crippen molar-refractivity contribution in [3.63, 3.8) is 0 Å². The number of halogens is 2. The van der Waals surface area contributed by atoms with E-state index in [0.717, 1.165) is 28.6 Å². The zero-order valence-electron chi connectivity index (χ0n) is 8.22. The van der Waals surface area contributed by atoms with Crippen molar-refractivity contribution < 1.29 is 4.74 Å². The van der Waals surface area contributed by atoms with Gasteiger partial charge in [0, 0.05) is 9.80 Å². The molecule has 0 fully saturated rings. The first-order valence-corrected chi connectivity index (χ1v) is 6.66. The second-order valence-corrected chi connectivity index (χ2v) is 4.50. The molecular weight excluding hydrogens is 308 g/mol. The van der Waals surface area contributed by atoms with Gasteiger partial charge in [-0.3, -0.25) is 0 Å². The summed E-state index contributed by atoms with van der Waals surface area (Å²) in [5.74, 6) is 0.955. The Kier molecular flexibility index (Phi) is 5.56. The third kappa shape index (κ3) is 3.62. The van der Waals surface area contributed by atoms with E-state index in [9.17, 15) is 0 Å². The number of hydrogen-bond donors (Lipinski definition) is 0. The minimum Gasteiger partial charge on any atom is -0.494 e. The van der Waals surface area contributed by atoms with Gasteiger partial charge in [0.05, 0.1) is 6.61 Å². The van der Waals surface area contributed by atoms with Crippen LogP contribution in [0.15, 0.2) is 22.7 Å². The van der Waals surface area contributed by atoms with Crippen LogP contribution in [0.1, 0.15) is 25.3 Å². The molecule has 14 heavy (non-hydrogen) atoms. The van der Waals surface area contributed by atoms with E-state index in [1.807, 2.05) is 12.1 Å². The normalized spacial score (nSPS) is 10.2. The van der Waals surface area contributed by atoms with Crippen LogP contribution in [0.2, 0.25) is 0 Å². The molecule has 1 aromatic rings. The molecule has 0 aliphatic heterocycles. The van der Waals surface area contributed by atoms with Gasteiger partial charge in [0.15, 0.2) is 0 Å². The Balaban J connectivity index is 2.60. The van der Waals surface area contributed by atoms with Crippen LogP contribution in [-0.4, -0.2) is 6.61 Å². The van der Waals surface area contributed by atoms with Gasteiger partial charge >= 0.3 is 0 Å². The molecule has 0 bridgehead atoms. The van der Waals surface area contributed by atoms with E-state index in [4.69, 9.17) is 4.74 Å². The summed E-state index contributed by atoms with van der Waals surface area (Å²) < 4.78 is 6.72. The monoisotopic (exact) mass is 320 g/mol. The highest BCUT2D eigenvalue weighted by molar-refractivity contribution is 9.10. The van der Waals surface area contributed by atoms with Gasteiger partial charge in [-0.1, -0.05) is 45.2 Å². The summed E-state index contributed by atoms with van der Waals surface area (Å²) in [4.78, 5) is 0. The summed E-state index contributed by atoms with van der Waals surface area (Å²) in [7, 11) is 0. The van der Waals surface area contributed by atoms with Crippen molar-refractivity contribution in [3.8, 4) is 5.75 Å². The van der Waals surface area contributed by atoms with Gasteiger partial charge < -0.3 is 4.74 Å². The van der Waals surface area contributed by atoms with Crippen LogP contribution in [0.3, 0.4) is 0 Å². The lowest BCUT2D eigenvalue weighted by Crippen LogP contribution is -1.96. The van der Waals surface area contributed by atoms with Crippen LogP contribution in [0, 0.1) is 0 Å². The summed E-state index contributed by atoms with van der Waals surface area (Å²) in [6, 6.07) is 6.08. The lowest BCUT2D eigenvalue weighted by atomic mass is 10.2. The average molecular weight is 322 g/mol. The fourth-order valence-corrected chi connectivity index (χ4v) is 2.30. The third-order valence-electron chi connectivity index (χ3n) is 1.93. The number of hydrogen-bond acceptors (Lipinski definition) is 1. The highest BCUT2D eigenvalue weighted by Crippen LogP contribution is 2.24. The third-order valence-corrected chi connectivity index (χ3v) is 3.31. The molecule has 0 saturated carbocycles. The van der Waals surface area contributed by atoms with E-state index in [2.05, 4.69) is 44.8 Å². The van der Waals surface area contributed by atoms with Gasteiger partial charge in [-0.25, -0.2) is 0 Å². The van der Waals surface area contributed by atoms with Crippen LogP contribution in [0.25, 0.3) is 0 Å². The number of alkyl halides is 1. The standard InChI is InChI=1S/C11H14Br2O/c1-2-3-6-14-10-4-5-11(13)9(7-10)8-12/h4-5,7H,2-3,6,8H2,1H3. The highest BCUT2D eigenvalue weighted by Gasteiger charge is 2.00. The molecule has 0 saturated heterocycles. The summed E-state index contributed by atoms with van der Waals surface area (Å²) in [5.41, 5.74) is 1.22. The maximum atomic E-state index is 5.60. The zero-order chi connectivity index (χ0) is 10.4. The maximum absolute atomic E-state index is 5.60. The van der Waals surface area contributed by atoms with Gasteiger partial charge in [0.1, 0.15) is 5.75 Å². The number of unbranched alkanes of at least 4 members (excludes halogenated alkanes) is 1. The summed E-state index contributed by atoms with van der Waals surface area (Å²) in [6.45, 7) is 2.97. The highest BCUT2D eigenvalue weighted by atomic mass is 79.9. The van der Waals surface area contributed by atoms with Crippen molar-refractivity contribution in [1.29, 1.82) is 0 Å². The number of benzene rings is 1. The minimum atomic E-state index is 0.805. The Morgan fingerprint density at radius 1 is 1.36 bits per heavy atom. The topological polar surface area (TPSA) is 9.23 Å². The van der Waals surface area contributed by atoms with Crippen molar-refractivity contribution in [2.45, 2.75) is 25.1 Å². The van der Waals surface area contributed by atoms with E-state index < -0.39 is 0 Å². The molecule has 0 radical (unpaired) electrons. The second-order valence-electron chi connectivity index (χ2n) is 3.09. The summed E-state index contributed by atoms with van der Waals surface area (Å²) in [6.07, 6.45) is 2.28. The number of ether oxygens (including phenoxy) is 1. The molecule has 0 N–H and O–H groups in total. The Labute approximate surface area is 102 Å². The molecule has 0 amide bonds. The van der Waals surface area contributed by atoms with Crippen LogP contribution in [-0.2, 0) is 5.33 Å². The fraction of sp³-hybridized carbons (Fsp3) is 0.455. The first-order chi connectivity index (χ1) is 6.77. The van der Waals surface area contributed by atoms with Gasteiger partial charge in [-0.2, -0.15) is 0 Å². The fourth-order valence-electron chi connectivity index (χ4n) is 1.08. The Bertz CT molecular complexity index is 287. The van der Waals surface area contributed by atoms with Gasteiger partial charge in [0.25, 0.3) is 0 Å². The van der Waals surface area contributed by atoms with E-state index in [1.165, 1.54) is 12.0 Å². The molecule has 1 nitrogen and oxygen atoms in total.